The van der Waals surface area contributed by atoms with Crippen molar-refractivity contribution in [2.24, 2.45) is 0 Å². The first-order valence-electron chi connectivity index (χ1n) is 6.96. The van der Waals surface area contributed by atoms with Gasteiger partial charge in [-0.3, -0.25) is 4.79 Å². The lowest BCUT2D eigenvalue weighted by atomic mass is 10.2. The Labute approximate surface area is 113 Å². The summed E-state index contributed by atoms with van der Waals surface area (Å²) >= 11 is 0. The maximum Gasteiger partial charge on any atom is 0.270 e. The van der Waals surface area contributed by atoms with E-state index in [0.717, 1.165) is 18.5 Å². The van der Waals surface area contributed by atoms with E-state index in [1.54, 1.807) is 6.07 Å². The average Bonchev–Trinajstić information content (AvgIpc) is 3.10. The molecule has 1 saturated heterocycles. The summed E-state index contributed by atoms with van der Waals surface area (Å²) in [5, 5.41) is 0. The third kappa shape index (κ3) is 2.47. The lowest BCUT2D eigenvalue weighted by Gasteiger charge is -2.35. The van der Waals surface area contributed by atoms with E-state index in [9.17, 15) is 4.79 Å². The summed E-state index contributed by atoms with van der Waals surface area (Å²) in [6, 6.07) is 2.26. The molecule has 1 saturated carbocycles. The Morgan fingerprint density at radius 1 is 1.32 bits per heavy atom. The first-order chi connectivity index (χ1) is 9.04. The number of hydrogen-bond acceptors (Lipinski definition) is 3. The van der Waals surface area contributed by atoms with E-state index in [1.807, 2.05) is 29.5 Å². The Morgan fingerprint density at radius 2 is 1.95 bits per heavy atom. The number of rotatable bonds is 2. The molecular weight excluding hydrogens is 242 g/mol. The van der Waals surface area contributed by atoms with Gasteiger partial charge in [0.05, 0.1) is 17.9 Å². The Balaban J connectivity index is 1.83. The van der Waals surface area contributed by atoms with Crippen molar-refractivity contribution in [1.29, 1.82) is 0 Å². The number of aromatic nitrogens is 1. The van der Waals surface area contributed by atoms with Crippen molar-refractivity contribution in [3.8, 4) is 0 Å². The van der Waals surface area contributed by atoms with Crippen LogP contribution in [0.2, 0.25) is 0 Å². The molecule has 3 rings (SSSR count). The van der Waals surface area contributed by atoms with Gasteiger partial charge in [0.25, 0.3) is 5.91 Å². The molecule has 2 heterocycles. The molecule has 2 N–H and O–H groups in total. The molecule has 5 heteroatoms. The largest absolute Gasteiger partial charge is 0.397 e. The molecule has 5 nitrogen and oxygen atoms in total. The number of hydrogen-bond donors (Lipinski definition) is 1. The highest BCUT2D eigenvalue weighted by atomic mass is 16.5. The van der Waals surface area contributed by atoms with Crippen LogP contribution in [0, 0.1) is 0 Å². The Hall–Kier alpha value is -1.49. The zero-order valence-corrected chi connectivity index (χ0v) is 11.5. The van der Waals surface area contributed by atoms with Crippen LogP contribution in [-0.2, 0) is 4.74 Å². The van der Waals surface area contributed by atoms with Gasteiger partial charge in [0.2, 0.25) is 0 Å². The van der Waals surface area contributed by atoms with Crippen LogP contribution in [0.25, 0.3) is 0 Å². The second kappa shape index (κ2) is 4.56. The molecule has 0 spiro atoms. The molecule has 2 unspecified atom stereocenters. The number of carbonyl (C=O) groups excluding carboxylic acids is 1. The van der Waals surface area contributed by atoms with Gasteiger partial charge in [0.1, 0.15) is 5.69 Å². The molecule has 2 atom stereocenters. The highest BCUT2D eigenvalue weighted by Crippen LogP contribution is 2.37. The third-order valence-corrected chi connectivity index (χ3v) is 3.74. The quantitative estimate of drug-likeness (QED) is 0.882. The van der Waals surface area contributed by atoms with E-state index in [2.05, 4.69) is 0 Å². The summed E-state index contributed by atoms with van der Waals surface area (Å²) in [5.41, 5.74) is 7.25. The predicted octanol–water partition coefficient (Wildman–Crippen LogP) is 1.65. The van der Waals surface area contributed by atoms with Crippen LogP contribution in [0.1, 0.15) is 43.2 Å². The number of nitrogen functional groups attached to an aromatic ring is 1. The molecular formula is C14H21N3O2. The van der Waals surface area contributed by atoms with Gasteiger partial charge in [-0.15, -0.1) is 0 Å². The van der Waals surface area contributed by atoms with E-state index in [1.165, 1.54) is 0 Å². The van der Waals surface area contributed by atoms with Gasteiger partial charge < -0.3 is 19.9 Å². The monoisotopic (exact) mass is 263 g/mol. The predicted molar refractivity (Wildman–Crippen MR) is 73.0 cm³/mol. The lowest BCUT2D eigenvalue weighted by Crippen LogP contribution is -2.48. The number of nitrogens with zero attached hydrogens (tertiary/aromatic N) is 2. The van der Waals surface area contributed by atoms with Gasteiger partial charge in [-0.25, -0.2) is 0 Å². The first kappa shape index (κ1) is 12.5. The minimum absolute atomic E-state index is 0.0746. The fourth-order valence-corrected chi connectivity index (χ4v) is 2.83. The highest BCUT2D eigenvalue weighted by Gasteiger charge is 2.32. The molecule has 1 aliphatic heterocycles. The van der Waals surface area contributed by atoms with Crippen LogP contribution >= 0.6 is 0 Å². The number of nitrogens with two attached hydrogens (primary N) is 1. The summed E-state index contributed by atoms with van der Waals surface area (Å²) in [7, 11) is 0. The molecule has 2 aliphatic rings. The van der Waals surface area contributed by atoms with Gasteiger partial charge in [-0.05, 0) is 32.8 Å². The van der Waals surface area contributed by atoms with Crippen molar-refractivity contribution in [2.75, 3.05) is 18.8 Å². The Morgan fingerprint density at radius 3 is 2.53 bits per heavy atom. The third-order valence-electron chi connectivity index (χ3n) is 3.74. The summed E-state index contributed by atoms with van der Waals surface area (Å²) in [4.78, 5) is 14.5. The minimum atomic E-state index is 0.0746. The van der Waals surface area contributed by atoms with Gasteiger partial charge in [0.15, 0.2) is 0 Å². The smallest absolute Gasteiger partial charge is 0.270 e. The molecule has 0 aromatic carbocycles. The van der Waals surface area contributed by atoms with Crippen LogP contribution in [0.3, 0.4) is 0 Å². The van der Waals surface area contributed by atoms with Crippen molar-refractivity contribution >= 4 is 11.6 Å². The topological polar surface area (TPSA) is 60.5 Å². The number of morpholine rings is 1. The summed E-state index contributed by atoms with van der Waals surface area (Å²) in [6.45, 7) is 5.31. The molecule has 2 fully saturated rings. The molecule has 1 aliphatic carbocycles. The van der Waals surface area contributed by atoms with E-state index in [0.29, 0.717) is 24.8 Å². The van der Waals surface area contributed by atoms with Crippen LogP contribution in [-0.4, -0.2) is 40.7 Å². The minimum Gasteiger partial charge on any atom is -0.397 e. The molecule has 19 heavy (non-hydrogen) atoms. The maximum atomic E-state index is 12.7. The number of ether oxygens (including phenoxy) is 1. The van der Waals surface area contributed by atoms with Crippen molar-refractivity contribution in [3.63, 3.8) is 0 Å². The van der Waals surface area contributed by atoms with Crippen LogP contribution < -0.4 is 5.73 Å². The second-order valence-corrected chi connectivity index (χ2v) is 5.76. The lowest BCUT2D eigenvalue weighted by molar-refractivity contribution is -0.0588. The van der Waals surface area contributed by atoms with Crippen molar-refractivity contribution < 1.29 is 9.53 Å². The van der Waals surface area contributed by atoms with E-state index >= 15 is 0 Å². The zero-order chi connectivity index (χ0) is 13.6. The number of anilines is 1. The number of carbonyl (C=O) groups is 1. The van der Waals surface area contributed by atoms with Crippen molar-refractivity contribution in [2.45, 2.75) is 44.9 Å². The molecule has 1 amide bonds. The van der Waals surface area contributed by atoms with E-state index < -0.39 is 0 Å². The van der Waals surface area contributed by atoms with Crippen LogP contribution in [0.15, 0.2) is 12.3 Å². The molecule has 1 aromatic heterocycles. The average molecular weight is 263 g/mol. The fraction of sp³-hybridized carbons (Fsp3) is 0.643. The van der Waals surface area contributed by atoms with Gasteiger partial charge >= 0.3 is 0 Å². The van der Waals surface area contributed by atoms with E-state index in [4.69, 9.17) is 10.5 Å². The molecule has 104 valence electrons. The zero-order valence-electron chi connectivity index (χ0n) is 11.5. The summed E-state index contributed by atoms with van der Waals surface area (Å²) in [5.74, 6) is 0.0746. The summed E-state index contributed by atoms with van der Waals surface area (Å²) < 4.78 is 7.72. The van der Waals surface area contributed by atoms with Gasteiger partial charge in [-0.1, -0.05) is 0 Å². The van der Waals surface area contributed by atoms with Crippen LogP contribution in [0.5, 0.6) is 0 Å². The highest BCUT2D eigenvalue weighted by molar-refractivity contribution is 5.94. The van der Waals surface area contributed by atoms with Crippen LogP contribution in [0.4, 0.5) is 5.69 Å². The van der Waals surface area contributed by atoms with Crippen molar-refractivity contribution in [1.82, 2.24) is 9.47 Å². The van der Waals surface area contributed by atoms with Crippen molar-refractivity contribution in [3.05, 3.63) is 18.0 Å². The van der Waals surface area contributed by atoms with Gasteiger partial charge in [0, 0.05) is 25.3 Å². The second-order valence-electron chi connectivity index (χ2n) is 5.76. The Kier molecular flexibility index (Phi) is 3.01. The summed E-state index contributed by atoms with van der Waals surface area (Å²) in [6.07, 6.45) is 4.36. The van der Waals surface area contributed by atoms with Gasteiger partial charge in [-0.2, -0.15) is 0 Å². The number of amides is 1. The Bertz CT molecular complexity index is 483. The maximum absolute atomic E-state index is 12.7. The molecule has 0 radical (unpaired) electrons. The molecule has 1 aromatic rings. The molecule has 0 bridgehead atoms. The normalized spacial score (nSPS) is 27.6. The standard InChI is InChI=1S/C14H21N3O2/c1-9-6-16(7-10(2)19-9)14(18)13-5-11(15)8-17(13)12-3-4-12/h5,8-10,12H,3-4,6-7,15H2,1-2H3. The SMILES string of the molecule is CC1CN(C(=O)c2cc(N)cn2C2CC2)CC(C)O1. The van der Waals surface area contributed by atoms with E-state index in [-0.39, 0.29) is 18.1 Å². The fourth-order valence-electron chi connectivity index (χ4n) is 2.83. The first-order valence-corrected chi connectivity index (χ1v) is 6.96.